The van der Waals surface area contributed by atoms with Crippen LogP contribution < -0.4 is 5.32 Å². The van der Waals surface area contributed by atoms with Crippen molar-refractivity contribution in [1.82, 2.24) is 10.2 Å². The summed E-state index contributed by atoms with van der Waals surface area (Å²) < 4.78 is 11.1. The minimum absolute atomic E-state index is 0.00121. The van der Waals surface area contributed by atoms with Gasteiger partial charge in [0.1, 0.15) is 6.61 Å². The van der Waals surface area contributed by atoms with Gasteiger partial charge < -0.3 is 19.7 Å². The average molecular weight is 355 g/mol. The zero-order chi connectivity index (χ0) is 17.5. The first-order valence-corrected chi connectivity index (χ1v) is 8.27. The first-order chi connectivity index (χ1) is 11.5. The van der Waals surface area contributed by atoms with E-state index in [1.807, 2.05) is 12.1 Å². The lowest BCUT2D eigenvalue weighted by molar-refractivity contribution is -0.140. The van der Waals surface area contributed by atoms with Gasteiger partial charge in [0.05, 0.1) is 25.2 Å². The summed E-state index contributed by atoms with van der Waals surface area (Å²) in [4.78, 5) is 25.4. The van der Waals surface area contributed by atoms with Crippen molar-refractivity contribution in [2.24, 2.45) is 0 Å². The summed E-state index contributed by atoms with van der Waals surface area (Å²) in [6.45, 7) is 0.943. The molecule has 1 heterocycles. The molecule has 0 unspecified atom stereocenters. The average Bonchev–Trinajstić information content (AvgIpc) is 2.55. The minimum atomic E-state index is -0.256. The summed E-state index contributed by atoms with van der Waals surface area (Å²) in [6, 6.07) is 6.90. The number of likely N-dealkylation sites (N-methyl/N-ethyl adjacent to an activating group) is 1. The number of ether oxygens (including phenoxy) is 2. The third-order valence-electron chi connectivity index (χ3n) is 3.84. The van der Waals surface area contributed by atoms with Crippen LogP contribution in [0.25, 0.3) is 0 Å². The molecular weight excluding hydrogens is 332 g/mol. The number of benzene rings is 1. The molecule has 0 aliphatic carbocycles. The van der Waals surface area contributed by atoms with Crippen LogP contribution in [0.1, 0.15) is 12.0 Å². The van der Waals surface area contributed by atoms with Crippen molar-refractivity contribution in [1.29, 1.82) is 0 Å². The highest BCUT2D eigenvalue weighted by Gasteiger charge is 2.28. The first-order valence-electron chi connectivity index (χ1n) is 7.89. The highest BCUT2D eigenvalue weighted by molar-refractivity contribution is 6.30. The molecule has 132 valence electrons. The fraction of sp³-hybridized carbons (Fsp3) is 0.529. The summed E-state index contributed by atoms with van der Waals surface area (Å²) in [6.07, 6.45) is 0.681. The highest BCUT2D eigenvalue weighted by atomic mass is 35.5. The van der Waals surface area contributed by atoms with Crippen molar-refractivity contribution in [3.05, 3.63) is 34.9 Å². The molecule has 2 rings (SSSR count). The van der Waals surface area contributed by atoms with Crippen LogP contribution >= 0.6 is 11.6 Å². The Morgan fingerprint density at radius 3 is 2.71 bits per heavy atom. The second-order valence-electron chi connectivity index (χ2n) is 5.98. The van der Waals surface area contributed by atoms with Crippen molar-refractivity contribution in [2.45, 2.75) is 25.0 Å². The van der Waals surface area contributed by atoms with E-state index in [2.05, 4.69) is 5.32 Å². The summed E-state index contributed by atoms with van der Waals surface area (Å²) >= 11 is 5.84. The smallest absolute Gasteiger partial charge is 0.248 e. The molecule has 0 bridgehead atoms. The SMILES string of the molecule is CN(C)C(=O)CO[C@H]1CCOC[C@H]1NC(=O)Cc1ccc(Cl)cc1. The standard InChI is InChI=1S/C17H23ClN2O4/c1-20(2)17(22)11-24-15-7-8-23-10-14(15)19-16(21)9-12-3-5-13(18)6-4-12/h3-6,14-15H,7-11H2,1-2H3,(H,19,21)/t14-,15+/m1/s1. The molecule has 1 fully saturated rings. The Labute approximate surface area is 147 Å². The van der Waals surface area contributed by atoms with E-state index < -0.39 is 0 Å². The fourth-order valence-corrected chi connectivity index (χ4v) is 2.53. The number of nitrogens with zero attached hydrogens (tertiary/aromatic N) is 1. The predicted octanol–water partition coefficient (Wildman–Crippen LogP) is 1.26. The van der Waals surface area contributed by atoms with Gasteiger partial charge in [-0.3, -0.25) is 9.59 Å². The highest BCUT2D eigenvalue weighted by Crippen LogP contribution is 2.13. The minimum Gasteiger partial charge on any atom is -0.379 e. The number of amides is 2. The molecule has 0 spiro atoms. The van der Waals surface area contributed by atoms with Crippen LogP contribution in [0.2, 0.25) is 5.02 Å². The second-order valence-corrected chi connectivity index (χ2v) is 6.41. The Morgan fingerprint density at radius 1 is 1.33 bits per heavy atom. The third kappa shape index (κ3) is 5.78. The van der Waals surface area contributed by atoms with Gasteiger partial charge in [0, 0.05) is 25.7 Å². The largest absolute Gasteiger partial charge is 0.379 e. The maximum absolute atomic E-state index is 12.2. The molecule has 6 nitrogen and oxygen atoms in total. The van der Waals surface area contributed by atoms with Gasteiger partial charge in [0.25, 0.3) is 0 Å². The third-order valence-corrected chi connectivity index (χ3v) is 4.09. The van der Waals surface area contributed by atoms with E-state index in [-0.39, 0.29) is 37.0 Å². The van der Waals surface area contributed by atoms with Crippen molar-refractivity contribution < 1.29 is 19.1 Å². The molecule has 0 saturated carbocycles. The van der Waals surface area contributed by atoms with E-state index in [4.69, 9.17) is 21.1 Å². The number of hydrogen-bond donors (Lipinski definition) is 1. The Hall–Kier alpha value is -1.63. The van der Waals surface area contributed by atoms with Gasteiger partial charge in [-0.25, -0.2) is 0 Å². The zero-order valence-corrected chi connectivity index (χ0v) is 14.7. The van der Waals surface area contributed by atoms with Gasteiger partial charge in [0.15, 0.2) is 0 Å². The van der Waals surface area contributed by atoms with Crippen molar-refractivity contribution in [2.75, 3.05) is 33.9 Å². The molecule has 2 amide bonds. The molecule has 1 aliphatic rings. The van der Waals surface area contributed by atoms with Gasteiger partial charge in [-0.15, -0.1) is 0 Å². The maximum atomic E-state index is 12.2. The van der Waals surface area contributed by atoms with Gasteiger partial charge >= 0.3 is 0 Å². The number of halogens is 1. The number of nitrogens with one attached hydrogen (secondary N) is 1. The fourth-order valence-electron chi connectivity index (χ4n) is 2.41. The van der Waals surface area contributed by atoms with Crippen LogP contribution in [0.5, 0.6) is 0 Å². The van der Waals surface area contributed by atoms with Crippen LogP contribution in [0.4, 0.5) is 0 Å². The molecule has 0 aromatic heterocycles. The summed E-state index contributed by atoms with van der Waals surface area (Å²) in [5.74, 6) is -0.215. The molecule has 1 saturated heterocycles. The Kier molecular flexibility index (Phi) is 7.02. The Balaban J connectivity index is 1.86. The van der Waals surface area contributed by atoms with E-state index in [9.17, 15) is 9.59 Å². The van der Waals surface area contributed by atoms with Gasteiger partial charge in [-0.1, -0.05) is 23.7 Å². The molecule has 1 N–H and O–H groups in total. The van der Waals surface area contributed by atoms with Gasteiger partial charge in [-0.2, -0.15) is 0 Å². The zero-order valence-electron chi connectivity index (χ0n) is 14.0. The molecule has 1 aromatic rings. The van der Waals surface area contributed by atoms with Crippen LogP contribution in [0.15, 0.2) is 24.3 Å². The summed E-state index contributed by atoms with van der Waals surface area (Å²) in [5.41, 5.74) is 0.883. The van der Waals surface area contributed by atoms with Crippen molar-refractivity contribution in [3.8, 4) is 0 Å². The normalized spacial score (nSPS) is 20.5. The van der Waals surface area contributed by atoms with E-state index in [1.54, 1.807) is 26.2 Å². The van der Waals surface area contributed by atoms with E-state index in [0.29, 0.717) is 24.7 Å². The number of hydrogen-bond acceptors (Lipinski definition) is 4. The monoisotopic (exact) mass is 354 g/mol. The van der Waals surface area contributed by atoms with E-state index >= 15 is 0 Å². The number of rotatable bonds is 6. The lowest BCUT2D eigenvalue weighted by atomic mass is 10.1. The lowest BCUT2D eigenvalue weighted by Gasteiger charge is -2.32. The Morgan fingerprint density at radius 2 is 2.04 bits per heavy atom. The first kappa shape index (κ1) is 18.7. The number of carbonyl (C=O) groups excluding carboxylic acids is 2. The summed E-state index contributed by atoms with van der Waals surface area (Å²) in [5, 5.41) is 3.58. The molecule has 7 heteroatoms. The second kappa shape index (κ2) is 9.01. The molecule has 1 aliphatic heterocycles. The summed E-state index contributed by atoms with van der Waals surface area (Å²) in [7, 11) is 3.36. The van der Waals surface area contributed by atoms with Crippen molar-refractivity contribution in [3.63, 3.8) is 0 Å². The van der Waals surface area contributed by atoms with Gasteiger partial charge in [-0.05, 0) is 24.1 Å². The van der Waals surface area contributed by atoms with Crippen LogP contribution in [0, 0.1) is 0 Å². The quantitative estimate of drug-likeness (QED) is 0.835. The van der Waals surface area contributed by atoms with Gasteiger partial charge in [0.2, 0.25) is 11.8 Å². The molecule has 2 atom stereocenters. The maximum Gasteiger partial charge on any atom is 0.248 e. The number of carbonyl (C=O) groups is 2. The topological polar surface area (TPSA) is 67.9 Å². The van der Waals surface area contributed by atoms with Crippen LogP contribution in [0.3, 0.4) is 0 Å². The molecule has 0 radical (unpaired) electrons. The van der Waals surface area contributed by atoms with Crippen LogP contribution in [-0.2, 0) is 25.5 Å². The van der Waals surface area contributed by atoms with E-state index in [1.165, 1.54) is 4.90 Å². The molecular formula is C17H23ClN2O4. The predicted molar refractivity (Wildman–Crippen MR) is 91.0 cm³/mol. The van der Waals surface area contributed by atoms with E-state index in [0.717, 1.165) is 5.56 Å². The molecule has 24 heavy (non-hydrogen) atoms. The van der Waals surface area contributed by atoms with Crippen molar-refractivity contribution >= 4 is 23.4 Å². The Bertz CT molecular complexity index is 562. The van der Waals surface area contributed by atoms with Crippen LogP contribution in [-0.4, -0.2) is 62.8 Å². The molecule has 1 aromatic carbocycles. The lowest BCUT2D eigenvalue weighted by Crippen LogP contribution is -2.51.